The number of carbonyl (C=O) groups is 1. The number of fused-ring (bicyclic) bond motifs is 1. The monoisotopic (exact) mass is 607 g/mol. The molecule has 2 fully saturated rings. The molecule has 0 aliphatic carbocycles. The zero-order chi connectivity index (χ0) is 30.4. The minimum Gasteiger partial charge on any atom is -0.465 e. The van der Waals surface area contributed by atoms with Crippen molar-refractivity contribution >= 4 is 11.9 Å². The Morgan fingerprint density at radius 3 is 2.51 bits per heavy atom. The van der Waals surface area contributed by atoms with E-state index in [1.807, 2.05) is 0 Å². The summed E-state index contributed by atoms with van der Waals surface area (Å²) in [5, 5.41) is 30.9. The summed E-state index contributed by atoms with van der Waals surface area (Å²) >= 11 is 0. The van der Waals surface area contributed by atoms with Gasteiger partial charge in [-0.1, -0.05) is 0 Å². The predicted octanol–water partition coefficient (Wildman–Crippen LogP) is -0.285. The van der Waals surface area contributed by atoms with Crippen LogP contribution in [0, 0.1) is 11.3 Å². The maximum Gasteiger partial charge on any atom is 0.407 e. The van der Waals surface area contributed by atoms with Gasteiger partial charge in [0, 0.05) is 44.3 Å². The van der Waals surface area contributed by atoms with Crippen LogP contribution in [0.4, 0.5) is 10.6 Å². The highest BCUT2D eigenvalue weighted by atomic mass is 16.6. The van der Waals surface area contributed by atoms with Gasteiger partial charge in [0.2, 0.25) is 0 Å². The molecule has 1 aromatic heterocycles. The molecule has 3 atom stereocenters. The summed E-state index contributed by atoms with van der Waals surface area (Å²) < 4.78 is 28.3. The molecule has 15 heteroatoms. The molecule has 0 radical (unpaired) electrons. The molecule has 1 amide bonds. The Labute approximate surface area is 252 Å². The maximum absolute atomic E-state index is 11.7. The van der Waals surface area contributed by atoms with Gasteiger partial charge in [-0.2, -0.15) is 15.2 Å². The van der Waals surface area contributed by atoms with E-state index in [0.29, 0.717) is 85.0 Å². The Morgan fingerprint density at radius 1 is 1.05 bits per heavy atom. The van der Waals surface area contributed by atoms with Gasteiger partial charge in [0.1, 0.15) is 12.4 Å². The second-order valence-corrected chi connectivity index (χ2v) is 10.8. The van der Waals surface area contributed by atoms with E-state index in [9.17, 15) is 15.2 Å². The molecule has 0 bridgehead atoms. The van der Waals surface area contributed by atoms with Crippen molar-refractivity contribution in [3.05, 3.63) is 11.3 Å². The van der Waals surface area contributed by atoms with Gasteiger partial charge in [-0.15, -0.1) is 0 Å². The standard InChI is InChI=1S/C28H45N7O8/c1-33-19-23(42-15-14-41-13-12-40-11-10-39-9-8-36)16-22(33)20-43-27-31-25-17-30-5-3-24(25)26(32-27)34-6-7-35(28(37)38)21(18-34)2-4-29/h21-23,30,36H,2-3,5-20H2,1H3,(H,37,38)/t21?,22-,23+/m0/s1. The average Bonchev–Trinajstić information content (AvgIpc) is 3.37. The van der Waals surface area contributed by atoms with Crippen LogP contribution in [0.15, 0.2) is 0 Å². The minimum atomic E-state index is -1.00. The maximum atomic E-state index is 11.7. The topological polar surface area (TPSA) is 175 Å². The van der Waals surface area contributed by atoms with E-state index < -0.39 is 12.1 Å². The van der Waals surface area contributed by atoms with Gasteiger partial charge in [0.25, 0.3) is 0 Å². The Morgan fingerprint density at radius 2 is 1.79 bits per heavy atom. The molecule has 2 saturated heterocycles. The molecule has 0 spiro atoms. The summed E-state index contributed by atoms with van der Waals surface area (Å²) in [6.07, 6.45) is 0.792. The summed E-state index contributed by atoms with van der Waals surface area (Å²) in [6, 6.07) is 2.16. The zero-order valence-electron chi connectivity index (χ0n) is 25.0. The van der Waals surface area contributed by atoms with Crippen LogP contribution in [-0.2, 0) is 31.9 Å². The highest BCUT2D eigenvalue weighted by molar-refractivity contribution is 5.66. The second kappa shape index (κ2) is 17.5. The fourth-order valence-electron chi connectivity index (χ4n) is 5.62. The van der Waals surface area contributed by atoms with Crippen LogP contribution in [0.25, 0.3) is 0 Å². The van der Waals surface area contributed by atoms with Crippen LogP contribution in [0.5, 0.6) is 6.01 Å². The lowest BCUT2D eigenvalue weighted by molar-refractivity contribution is -0.0180. The van der Waals surface area contributed by atoms with Crippen molar-refractivity contribution in [1.29, 1.82) is 5.26 Å². The molecule has 3 N–H and O–H groups in total. The Kier molecular flexibility index (Phi) is 13.4. The molecule has 4 rings (SSSR count). The molecule has 0 aromatic carbocycles. The number of hydrogen-bond donors (Lipinski definition) is 3. The van der Waals surface area contributed by atoms with Gasteiger partial charge in [-0.05, 0) is 26.4 Å². The van der Waals surface area contributed by atoms with Crippen LogP contribution >= 0.6 is 0 Å². The summed E-state index contributed by atoms with van der Waals surface area (Å²) in [5.74, 6) is 0.774. The third kappa shape index (κ3) is 9.83. The Bertz CT molecular complexity index is 1060. The van der Waals surface area contributed by atoms with Gasteiger partial charge in [-0.25, -0.2) is 4.79 Å². The van der Waals surface area contributed by atoms with Crippen molar-refractivity contribution in [3.63, 3.8) is 0 Å². The summed E-state index contributed by atoms with van der Waals surface area (Å²) in [7, 11) is 2.05. The van der Waals surface area contributed by atoms with Gasteiger partial charge >= 0.3 is 12.1 Å². The molecule has 3 aliphatic rings. The molecule has 240 valence electrons. The number of ether oxygens (including phenoxy) is 5. The predicted molar refractivity (Wildman–Crippen MR) is 154 cm³/mol. The number of aromatic nitrogens is 2. The van der Waals surface area contributed by atoms with Crippen molar-refractivity contribution in [3.8, 4) is 12.1 Å². The van der Waals surface area contributed by atoms with Crippen molar-refractivity contribution in [2.75, 3.05) is 104 Å². The fourth-order valence-corrected chi connectivity index (χ4v) is 5.62. The van der Waals surface area contributed by atoms with Crippen molar-refractivity contribution in [2.45, 2.75) is 44.0 Å². The van der Waals surface area contributed by atoms with E-state index in [4.69, 9.17) is 38.8 Å². The summed E-state index contributed by atoms with van der Waals surface area (Å²) in [5.41, 5.74) is 1.95. The van der Waals surface area contributed by atoms with E-state index >= 15 is 0 Å². The van der Waals surface area contributed by atoms with E-state index in [1.165, 1.54) is 4.90 Å². The van der Waals surface area contributed by atoms with Crippen LogP contribution < -0.4 is 15.0 Å². The number of anilines is 1. The third-order valence-corrected chi connectivity index (χ3v) is 7.87. The van der Waals surface area contributed by atoms with Crippen LogP contribution in [0.1, 0.15) is 24.1 Å². The van der Waals surface area contributed by atoms with Crippen molar-refractivity contribution in [1.82, 2.24) is 25.1 Å². The quantitative estimate of drug-likeness (QED) is 0.197. The number of nitrogens with one attached hydrogen (secondary N) is 1. The van der Waals surface area contributed by atoms with Crippen LogP contribution in [-0.4, -0.2) is 153 Å². The van der Waals surface area contributed by atoms with Crippen LogP contribution in [0.2, 0.25) is 0 Å². The van der Waals surface area contributed by atoms with Gasteiger partial charge in [0.15, 0.2) is 0 Å². The number of likely N-dealkylation sites (N-methyl/N-ethyl adjacent to an activating group) is 1. The number of carboxylic acid groups (broad SMARTS) is 1. The number of nitrogens with zero attached hydrogens (tertiary/aromatic N) is 6. The highest BCUT2D eigenvalue weighted by Crippen LogP contribution is 2.29. The largest absolute Gasteiger partial charge is 0.465 e. The van der Waals surface area contributed by atoms with E-state index in [-0.39, 0.29) is 25.2 Å². The first kappa shape index (κ1) is 33.1. The summed E-state index contributed by atoms with van der Waals surface area (Å²) in [4.78, 5) is 26.9. The molecule has 1 aromatic rings. The summed E-state index contributed by atoms with van der Waals surface area (Å²) in [6.45, 7) is 7.05. The zero-order valence-corrected chi connectivity index (χ0v) is 25.0. The number of piperazine rings is 1. The third-order valence-electron chi connectivity index (χ3n) is 7.87. The van der Waals surface area contributed by atoms with Gasteiger partial charge in [0.05, 0.1) is 83.2 Å². The lowest BCUT2D eigenvalue weighted by Gasteiger charge is -2.40. The highest BCUT2D eigenvalue weighted by Gasteiger charge is 2.34. The number of hydrogen-bond acceptors (Lipinski definition) is 13. The molecule has 0 saturated carbocycles. The number of amides is 1. The first-order valence-electron chi connectivity index (χ1n) is 15.0. The fraction of sp³-hybridized carbons (Fsp3) is 0.786. The van der Waals surface area contributed by atoms with Crippen molar-refractivity contribution in [2.24, 2.45) is 0 Å². The van der Waals surface area contributed by atoms with E-state index in [1.54, 1.807) is 0 Å². The molecule has 43 heavy (non-hydrogen) atoms. The molecule has 4 heterocycles. The number of nitriles is 1. The van der Waals surface area contributed by atoms with Crippen molar-refractivity contribution < 1.29 is 38.7 Å². The molecule has 15 nitrogen and oxygen atoms in total. The number of aliphatic hydroxyl groups is 1. The Hall–Kier alpha value is -2.84. The SMILES string of the molecule is CN1C[C@H](OCCOCCOCCOCCO)C[C@H]1COc1nc2c(c(N3CCN(C(=O)O)C(CC#N)C3)n1)CCNC2. The number of likely N-dealkylation sites (tertiary alicyclic amines) is 1. The lowest BCUT2D eigenvalue weighted by atomic mass is 10.0. The number of rotatable bonds is 17. The minimum absolute atomic E-state index is 0.0122. The lowest BCUT2D eigenvalue weighted by Crippen LogP contribution is -2.55. The molecular weight excluding hydrogens is 562 g/mol. The van der Waals surface area contributed by atoms with Gasteiger partial charge in [-0.3, -0.25) is 4.90 Å². The number of aliphatic hydroxyl groups excluding tert-OH is 1. The second-order valence-electron chi connectivity index (χ2n) is 10.8. The Balaban J connectivity index is 1.24. The molecule has 1 unspecified atom stereocenters. The average molecular weight is 608 g/mol. The smallest absolute Gasteiger partial charge is 0.407 e. The molecule has 3 aliphatic heterocycles. The van der Waals surface area contributed by atoms with E-state index in [0.717, 1.165) is 43.0 Å². The van der Waals surface area contributed by atoms with Gasteiger partial charge < -0.3 is 49.0 Å². The first-order chi connectivity index (χ1) is 21.0. The van der Waals surface area contributed by atoms with Crippen LogP contribution in [0.3, 0.4) is 0 Å². The molecular formula is C28H45N7O8. The van der Waals surface area contributed by atoms with E-state index in [2.05, 4.69) is 28.2 Å². The normalized spacial score (nSPS) is 22.4. The first-order valence-corrected chi connectivity index (χ1v) is 15.0.